The molecule has 0 fully saturated rings. The molecule has 7 nitrogen and oxygen atoms in total. The lowest BCUT2D eigenvalue weighted by Crippen LogP contribution is -2.14. The molecule has 0 spiro atoms. The van der Waals surface area contributed by atoms with E-state index in [1.54, 1.807) is 29.9 Å². The fraction of sp³-hybridized carbons (Fsp3) is 0.211. The summed E-state index contributed by atoms with van der Waals surface area (Å²) in [7, 11) is 3.44. The molecule has 1 amide bonds. The van der Waals surface area contributed by atoms with Crippen molar-refractivity contribution in [2.75, 3.05) is 18.2 Å². The predicted molar refractivity (Wildman–Crippen MR) is 114 cm³/mol. The average Bonchev–Trinajstić information content (AvgIpc) is 3.07. The molecule has 0 aliphatic carbocycles. The molecule has 0 atom stereocenters. The Hall–Kier alpha value is -2.42. The first-order valence-corrected chi connectivity index (χ1v) is 10.2. The van der Waals surface area contributed by atoms with E-state index < -0.39 is 0 Å². The zero-order valence-corrected chi connectivity index (χ0v) is 18.0. The summed E-state index contributed by atoms with van der Waals surface area (Å²) in [5.74, 6) is 2.09. The Kier molecular flexibility index (Phi) is 7.24. The largest absolute Gasteiger partial charge is 0.497 e. The van der Waals surface area contributed by atoms with Crippen molar-refractivity contribution < 1.29 is 14.3 Å². The Bertz CT molecular complexity index is 996. The molecule has 0 saturated carbocycles. The molecule has 2 aromatic carbocycles. The van der Waals surface area contributed by atoms with Gasteiger partial charge in [-0.15, -0.1) is 10.2 Å². The highest BCUT2D eigenvalue weighted by molar-refractivity contribution is 7.99. The van der Waals surface area contributed by atoms with Gasteiger partial charge in [-0.1, -0.05) is 35.0 Å². The molecule has 0 unspecified atom stereocenters. The predicted octanol–water partition coefficient (Wildman–Crippen LogP) is 4.44. The van der Waals surface area contributed by atoms with E-state index >= 15 is 0 Å². The molecule has 0 radical (unpaired) electrons. The van der Waals surface area contributed by atoms with Crippen LogP contribution >= 0.6 is 35.0 Å². The number of hydrogen-bond donors (Lipinski definition) is 1. The quantitative estimate of drug-likeness (QED) is 0.508. The van der Waals surface area contributed by atoms with Crippen molar-refractivity contribution in [3.63, 3.8) is 0 Å². The number of methoxy groups -OCH3 is 1. The third-order valence-corrected chi connectivity index (χ3v) is 5.65. The first-order valence-electron chi connectivity index (χ1n) is 8.49. The van der Waals surface area contributed by atoms with Crippen molar-refractivity contribution in [2.24, 2.45) is 7.05 Å². The van der Waals surface area contributed by atoms with E-state index in [9.17, 15) is 4.79 Å². The molecular weight excluding hydrogens is 435 g/mol. The molecule has 29 heavy (non-hydrogen) atoms. The Morgan fingerprint density at radius 1 is 1.10 bits per heavy atom. The summed E-state index contributed by atoms with van der Waals surface area (Å²) in [4.78, 5) is 12.2. The topological polar surface area (TPSA) is 78.3 Å². The molecule has 0 aliphatic heterocycles. The molecule has 0 saturated heterocycles. The van der Waals surface area contributed by atoms with Gasteiger partial charge in [0, 0.05) is 12.7 Å². The van der Waals surface area contributed by atoms with Gasteiger partial charge in [0.2, 0.25) is 5.91 Å². The first-order chi connectivity index (χ1) is 14.0. The lowest BCUT2D eigenvalue weighted by atomic mass is 10.3. The van der Waals surface area contributed by atoms with Crippen molar-refractivity contribution in [1.29, 1.82) is 0 Å². The zero-order valence-electron chi connectivity index (χ0n) is 15.7. The van der Waals surface area contributed by atoms with E-state index in [0.29, 0.717) is 32.5 Å². The van der Waals surface area contributed by atoms with Gasteiger partial charge in [-0.25, -0.2) is 0 Å². The van der Waals surface area contributed by atoms with Crippen LogP contribution in [0.4, 0.5) is 5.69 Å². The number of benzene rings is 2. The number of aromatic nitrogens is 3. The van der Waals surface area contributed by atoms with Crippen LogP contribution < -0.4 is 14.8 Å². The van der Waals surface area contributed by atoms with Crippen molar-refractivity contribution >= 4 is 46.6 Å². The van der Waals surface area contributed by atoms with Crippen LogP contribution in [0.3, 0.4) is 0 Å². The van der Waals surface area contributed by atoms with E-state index in [-0.39, 0.29) is 18.3 Å². The molecule has 152 valence electrons. The minimum Gasteiger partial charge on any atom is -0.497 e. The molecule has 1 N–H and O–H groups in total. The summed E-state index contributed by atoms with van der Waals surface area (Å²) in [5, 5.41) is 12.4. The summed E-state index contributed by atoms with van der Waals surface area (Å²) >= 11 is 13.1. The summed E-state index contributed by atoms with van der Waals surface area (Å²) in [6.07, 6.45) is 0. The minimum absolute atomic E-state index is 0.172. The highest BCUT2D eigenvalue weighted by atomic mass is 35.5. The van der Waals surface area contributed by atoms with Gasteiger partial charge < -0.3 is 19.4 Å². The molecule has 0 bridgehead atoms. The zero-order chi connectivity index (χ0) is 20.8. The van der Waals surface area contributed by atoms with Crippen molar-refractivity contribution in [3.05, 3.63) is 58.3 Å². The van der Waals surface area contributed by atoms with E-state index in [4.69, 9.17) is 32.7 Å². The SMILES string of the molecule is COc1ccc(OCc2nnc(SCC(=O)Nc3ccc(Cl)c(Cl)c3)n2C)cc1. The maximum Gasteiger partial charge on any atom is 0.234 e. The number of anilines is 1. The number of rotatable bonds is 8. The number of carbonyl (C=O) groups is 1. The Morgan fingerprint density at radius 2 is 1.83 bits per heavy atom. The maximum atomic E-state index is 12.2. The Morgan fingerprint density at radius 3 is 2.52 bits per heavy atom. The molecule has 0 aliphatic rings. The average molecular weight is 453 g/mol. The normalized spacial score (nSPS) is 10.6. The van der Waals surface area contributed by atoms with Gasteiger partial charge >= 0.3 is 0 Å². The van der Waals surface area contributed by atoms with Crippen LogP contribution in [0.1, 0.15) is 5.82 Å². The number of ether oxygens (including phenoxy) is 2. The van der Waals surface area contributed by atoms with Crippen LogP contribution in [-0.4, -0.2) is 33.5 Å². The van der Waals surface area contributed by atoms with Crippen LogP contribution in [-0.2, 0) is 18.4 Å². The number of halogens is 2. The second-order valence-electron chi connectivity index (χ2n) is 5.89. The van der Waals surface area contributed by atoms with Gasteiger partial charge in [0.15, 0.2) is 11.0 Å². The third-order valence-electron chi connectivity index (χ3n) is 3.89. The molecule has 1 aromatic heterocycles. The minimum atomic E-state index is -0.188. The number of hydrogen-bond acceptors (Lipinski definition) is 6. The standard InChI is InChI=1S/C19H18Cl2N4O3S/c1-25-17(10-28-14-6-4-13(27-2)5-7-14)23-24-19(25)29-11-18(26)22-12-3-8-15(20)16(21)9-12/h3-9H,10-11H2,1-2H3,(H,22,26). The molecule has 3 aromatic rings. The van der Waals surface area contributed by atoms with E-state index in [0.717, 1.165) is 5.75 Å². The number of amides is 1. The Labute approximate surface area is 182 Å². The lowest BCUT2D eigenvalue weighted by Gasteiger charge is -2.08. The van der Waals surface area contributed by atoms with Gasteiger partial charge in [-0.2, -0.15) is 0 Å². The van der Waals surface area contributed by atoms with Crippen molar-refractivity contribution in [2.45, 2.75) is 11.8 Å². The van der Waals surface area contributed by atoms with Gasteiger partial charge in [0.1, 0.15) is 18.1 Å². The second-order valence-corrected chi connectivity index (χ2v) is 7.64. The highest BCUT2D eigenvalue weighted by Gasteiger charge is 2.12. The monoisotopic (exact) mass is 452 g/mol. The summed E-state index contributed by atoms with van der Waals surface area (Å²) in [6, 6.07) is 12.2. The number of nitrogens with zero attached hydrogens (tertiary/aromatic N) is 3. The van der Waals surface area contributed by atoms with Crippen molar-refractivity contribution in [1.82, 2.24) is 14.8 Å². The van der Waals surface area contributed by atoms with Crippen molar-refractivity contribution in [3.8, 4) is 11.5 Å². The van der Waals surface area contributed by atoms with Gasteiger partial charge in [0.25, 0.3) is 0 Å². The van der Waals surface area contributed by atoms with Gasteiger partial charge in [-0.05, 0) is 42.5 Å². The molecule has 1 heterocycles. The number of carbonyl (C=O) groups excluding carboxylic acids is 1. The van der Waals surface area contributed by atoms with Gasteiger partial charge in [0.05, 0.1) is 22.9 Å². The van der Waals surface area contributed by atoms with E-state index in [1.807, 2.05) is 31.3 Å². The summed E-state index contributed by atoms with van der Waals surface area (Å²) < 4.78 is 12.6. The molecular formula is C19H18Cl2N4O3S. The van der Waals surface area contributed by atoms with E-state index in [2.05, 4.69) is 15.5 Å². The first kappa shape index (κ1) is 21.3. The Balaban J connectivity index is 1.52. The van der Waals surface area contributed by atoms with Crippen LogP contribution in [0.2, 0.25) is 10.0 Å². The molecule has 10 heteroatoms. The fourth-order valence-electron chi connectivity index (χ4n) is 2.32. The van der Waals surface area contributed by atoms with Crippen LogP contribution in [0.5, 0.6) is 11.5 Å². The smallest absolute Gasteiger partial charge is 0.234 e. The summed E-state index contributed by atoms with van der Waals surface area (Å²) in [5.41, 5.74) is 0.580. The van der Waals surface area contributed by atoms with Gasteiger partial charge in [-0.3, -0.25) is 4.79 Å². The van der Waals surface area contributed by atoms with Crippen LogP contribution in [0.15, 0.2) is 47.6 Å². The summed E-state index contributed by atoms with van der Waals surface area (Å²) in [6.45, 7) is 0.256. The molecule has 3 rings (SSSR count). The van der Waals surface area contributed by atoms with Crippen LogP contribution in [0.25, 0.3) is 0 Å². The van der Waals surface area contributed by atoms with Crippen LogP contribution in [0, 0.1) is 0 Å². The number of nitrogens with one attached hydrogen (secondary N) is 1. The second kappa shape index (κ2) is 9.87. The fourth-order valence-corrected chi connectivity index (χ4v) is 3.35. The highest BCUT2D eigenvalue weighted by Crippen LogP contribution is 2.25. The van der Waals surface area contributed by atoms with E-state index in [1.165, 1.54) is 11.8 Å². The third kappa shape index (κ3) is 5.79. The lowest BCUT2D eigenvalue weighted by molar-refractivity contribution is -0.113. The number of thioether (sulfide) groups is 1. The maximum absolute atomic E-state index is 12.2.